The highest BCUT2D eigenvalue weighted by Crippen LogP contribution is 2.24. The zero-order valence-corrected chi connectivity index (χ0v) is 11.7. The summed E-state index contributed by atoms with van der Waals surface area (Å²) in [6, 6.07) is 8.26. The van der Waals surface area contributed by atoms with Crippen LogP contribution < -0.4 is 5.32 Å². The molecule has 0 aliphatic heterocycles. The molecule has 0 unspecified atom stereocenters. The van der Waals surface area contributed by atoms with E-state index < -0.39 is 0 Å². The molecule has 3 aromatic rings. The molecular weight excluding hydrogens is 268 g/mol. The van der Waals surface area contributed by atoms with Crippen LogP contribution in [0.4, 0.5) is 5.69 Å². The smallest absolute Gasteiger partial charge is 0.123 e. The fourth-order valence-corrected chi connectivity index (χ4v) is 2.54. The molecule has 1 N–H and O–H groups in total. The Balaban J connectivity index is 1.71. The van der Waals surface area contributed by atoms with E-state index in [9.17, 15) is 0 Å². The largest absolute Gasteiger partial charge is 0.381 e. The van der Waals surface area contributed by atoms with Gasteiger partial charge in [0.2, 0.25) is 0 Å². The van der Waals surface area contributed by atoms with Crippen molar-refractivity contribution < 1.29 is 0 Å². The Hall–Kier alpha value is -2.40. The van der Waals surface area contributed by atoms with Gasteiger partial charge in [-0.05, 0) is 12.1 Å². The molecule has 0 aliphatic rings. The summed E-state index contributed by atoms with van der Waals surface area (Å²) in [5, 5.41) is 10.6. The van der Waals surface area contributed by atoms with Gasteiger partial charge in [0, 0.05) is 47.3 Å². The molecule has 0 radical (unpaired) electrons. The molecule has 0 atom stereocenters. The van der Waals surface area contributed by atoms with E-state index in [-0.39, 0.29) is 0 Å². The maximum atomic E-state index is 4.33. The van der Waals surface area contributed by atoms with Gasteiger partial charge in [0.25, 0.3) is 0 Å². The lowest BCUT2D eigenvalue weighted by Crippen LogP contribution is -1.98. The van der Waals surface area contributed by atoms with Crippen molar-refractivity contribution in [2.24, 2.45) is 0 Å². The van der Waals surface area contributed by atoms with E-state index in [1.54, 1.807) is 22.2 Å². The number of nitrogens with zero attached hydrogens (tertiary/aromatic N) is 3. The van der Waals surface area contributed by atoms with Crippen LogP contribution in [-0.2, 0) is 6.54 Å². The Morgan fingerprint density at radius 2 is 2.35 bits per heavy atom. The Labute approximate surface area is 121 Å². The fraction of sp³-hybridized carbons (Fsp3) is 0.0667. The number of thiazole rings is 1. The molecule has 0 amide bonds. The van der Waals surface area contributed by atoms with E-state index in [0.717, 1.165) is 28.4 Å². The summed E-state index contributed by atoms with van der Waals surface area (Å²) in [5.41, 5.74) is 3.32. The van der Waals surface area contributed by atoms with Crippen molar-refractivity contribution in [3.63, 3.8) is 0 Å². The molecule has 0 saturated heterocycles. The zero-order valence-electron chi connectivity index (χ0n) is 10.9. The van der Waals surface area contributed by atoms with Crippen LogP contribution in [-0.4, -0.2) is 14.8 Å². The number of nitrogens with one attached hydrogen (secondary N) is 1. The molecule has 0 spiro atoms. The average Bonchev–Trinajstić information content (AvgIpc) is 3.17. The van der Waals surface area contributed by atoms with Crippen molar-refractivity contribution in [2.75, 3.05) is 5.32 Å². The quantitative estimate of drug-likeness (QED) is 0.775. The van der Waals surface area contributed by atoms with Crippen molar-refractivity contribution in [2.45, 2.75) is 6.54 Å². The molecule has 2 aromatic heterocycles. The van der Waals surface area contributed by atoms with E-state index in [4.69, 9.17) is 0 Å². The van der Waals surface area contributed by atoms with Gasteiger partial charge in [0.1, 0.15) is 5.01 Å². The molecule has 1 aromatic carbocycles. The molecule has 0 fully saturated rings. The van der Waals surface area contributed by atoms with Gasteiger partial charge < -0.3 is 5.32 Å². The molecule has 5 heteroatoms. The maximum absolute atomic E-state index is 4.33. The van der Waals surface area contributed by atoms with Gasteiger partial charge in [-0.15, -0.1) is 11.3 Å². The van der Waals surface area contributed by atoms with Gasteiger partial charge in [0.05, 0.1) is 6.20 Å². The van der Waals surface area contributed by atoms with Crippen molar-refractivity contribution >= 4 is 23.2 Å². The Morgan fingerprint density at radius 1 is 1.40 bits per heavy atom. The minimum Gasteiger partial charge on any atom is -0.381 e. The maximum Gasteiger partial charge on any atom is 0.123 e. The summed E-state index contributed by atoms with van der Waals surface area (Å²) in [5.74, 6) is 0. The molecular formula is C15H14N4S. The number of aromatic nitrogens is 3. The van der Waals surface area contributed by atoms with E-state index in [2.05, 4.69) is 40.2 Å². The second-order valence-corrected chi connectivity index (χ2v) is 5.18. The van der Waals surface area contributed by atoms with Gasteiger partial charge in [-0.25, -0.2) is 9.67 Å². The lowest BCUT2D eigenvalue weighted by molar-refractivity contribution is 0.936. The zero-order chi connectivity index (χ0) is 13.8. The molecule has 0 bridgehead atoms. The molecule has 0 aliphatic carbocycles. The standard InChI is InChI=1S/C15H14N4S/c1-2-19-11-12(10-18-19)9-17-14-5-3-4-13(8-14)15-16-6-7-20-15/h2-8,10-11,17H,1,9H2. The summed E-state index contributed by atoms with van der Waals surface area (Å²) in [7, 11) is 0. The first-order chi connectivity index (χ1) is 9.85. The predicted molar refractivity (Wildman–Crippen MR) is 83.5 cm³/mol. The van der Waals surface area contributed by atoms with Crippen molar-refractivity contribution in [3.05, 3.63) is 60.4 Å². The third kappa shape index (κ3) is 2.78. The molecule has 4 nitrogen and oxygen atoms in total. The SMILES string of the molecule is C=Cn1cc(CNc2cccc(-c3nccs3)c2)cn1. The molecule has 20 heavy (non-hydrogen) atoms. The number of benzene rings is 1. The van der Waals surface area contributed by atoms with Gasteiger partial charge in [-0.1, -0.05) is 18.7 Å². The summed E-state index contributed by atoms with van der Waals surface area (Å²) in [4.78, 5) is 4.33. The van der Waals surface area contributed by atoms with Gasteiger partial charge >= 0.3 is 0 Å². The van der Waals surface area contributed by atoms with Crippen LogP contribution in [0, 0.1) is 0 Å². The lowest BCUT2D eigenvalue weighted by Gasteiger charge is -2.06. The molecule has 100 valence electrons. The first-order valence-corrected chi connectivity index (χ1v) is 7.12. The normalized spacial score (nSPS) is 10.4. The topological polar surface area (TPSA) is 42.7 Å². The van der Waals surface area contributed by atoms with Crippen molar-refractivity contribution in [1.29, 1.82) is 0 Å². The molecule has 2 heterocycles. The van der Waals surface area contributed by atoms with Gasteiger partial charge in [-0.2, -0.15) is 5.10 Å². The number of hydrogen-bond donors (Lipinski definition) is 1. The molecule has 0 saturated carbocycles. The number of anilines is 1. The highest BCUT2D eigenvalue weighted by atomic mass is 32.1. The summed E-state index contributed by atoms with van der Waals surface area (Å²) in [6.45, 7) is 4.41. The van der Waals surface area contributed by atoms with Crippen molar-refractivity contribution in [1.82, 2.24) is 14.8 Å². The fourth-order valence-electron chi connectivity index (χ4n) is 1.90. The highest BCUT2D eigenvalue weighted by Gasteiger charge is 2.02. The summed E-state index contributed by atoms with van der Waals surface area (Å²) < 4.78 is 1.70. The Kier molecular flexibility index (Phi) is 3.60. The van der Waals surface area contributed by atoms with E-state index >= 15 is 0 Å². The van der Waals surface area contributed by atoms with Crippen LogP contribution >= 0.6 is 11.3 Å². The van der Waals surface area contributed by atoms with Crippen LogP contribution in [0.15, 0.2) is 54.8 Å². The minimum absolute atomic E-state index is 0.731. The van der Waals surface area contributed by atoms with Crippen LogP contribution in [0.25, 0.3) is 16.8 Å². The first kappa shape index (κ1) is 12.6. The van der Waals surface area contributed by atoms with Crippen LogP contribution in [0.3, 0.4) is 0 Å². The predicted octanol–water partition coefficient (Wildman–Crippen LogP) is 3.72. The Bertz CT molecular complexity index is 700. The van der Waals surface area contributed by atoms with Gasteiger partial charge in [-0.3, -0.25) is 0 Å². The van der Waals surface area contributed by atoms with E-state index in [1.807, 2.05) is 30.0 Å². The first-order valence-electron chi connectivity index (χ1n) is 6.24. The average molecular weight is 282 g/mol. The third-order valence-electron chi connectivity index (χ3n) is 2.88. The van der Waals surface area contributed by atoms with Crippen LogP contribution in [0.1, 0.15) is 5.56 Å². The monoisotopic (exact) mass is 282 g/mol. The Morgan fingerprint density at radius 3 is 3.10 bits per heavy atom. The van der Waals surface area contributed by atoms with Crippen LogP contribution in [0.5, 0.6) is 0 Å². The second kappa shape index (κ2) is 5.71. The number of hydrogen-bond acceptors (Lipinski definition) is 4. The highest BCUT2D eigenvalue weighted by molar-refractivity contribution is 7.13. The number of rotatable bonds is 5. The summed E-state index contributed by atoms with van der Waals surface area (Å²) >= 11 is 1.64. The third-order valence-corrected chi connectivity index (χ3v) is 3.70. The van der Waals surface area contributed by atoms with Gasteiger partial charge in [0.15, 0.2) is 0 Å². The lowest BCUT2D eigenvalue weighted by atomic mass is 10.2. The van der Waals surface area contributed by atoms with Crippen molar-refractivity contribution in [3.8, 4) is 10.6 Å². The minimum atomic E-state index is 0.731. The summed E-state index contributed by atoms with van der Waals surface area (Å²) in [6.07, 6.45) is 7.28. The van der Waals surface area contributed by atoms with E-state index in [0.29, 0.717) is 0 Å². The second-order valence-electron chi connectivity index (χ2n) is 4.28. The van der Waals surface area contributed by atoms with Crippen LogP contribution in [0.2, 0.25) is 0 Å². The molecule has 3 rings (SSSR count). The van der Waals surface area contributed by atoms with E-state index in [1.165, 1.54) is 0 Å².